The van der Waals surface area contributed by atoms with E-state index in [4.69, 9.17) is 10.5 Å². The Balaban J connectivity index is 1.88. The molecule has 0 radical (unpaired) electrons. The molecule has 8 nitrogen and oxygen atoms in total. The molecule has 8 heteroatoms. The number of nitrogens with two attached hydrogens (primary N) is 1. The third-order valence-electron chi connectivity index (χ3n) is 4.57. The molecular weight excluding hydrogens is 308 g/mol. The van der Waals surface area contributed by atoms with E-state index < -0.39 is 5.91 Å². The number of nitrogens with zero attached hydrogens (tertiary/aromatic N) is 5. The van der Waals surface area contributed by atoms with Gasteiger partial charge >= 0.3 is 0 Å². The van der Waals surface area contributed by atoms with Crippen molar-refractivity contribution in [3.63, 3.8) is 0 Å². The van der Waals surface area contributed by atoms with Crippen molar-refractivity contribution in [3.05, 3.63) is 30.5 Å². The van der Waals surface area contributed by atoms with E-state index in [2.05, 4.69) is 19.9 Å². The lowest BCUT2D eigenvalue weighted by atomic mass is 9.92. The summed E-state index contributed by atoms with van der Waals surface area (Å²) < 4.78 is 7.09. The molecule has 1 aliphatic rings. The van der Waals surface area contributed by atoms with Crippen LogP contribution in [0.25, 0.3) is 5.95 Å². The number of primary amides is 1. The van der Waals surface area contributed by atoms with Gasteiger partial charge in [0.25, 0.3) is 5.91 Å². The zero-order valence-electron chi connectivity index (χ0n) is 13.9. The number of amides is 1. The normalized spacial score (nSPS) is 20.8. The lowest BCUT2D eigenvalue weighted by molar-refractivity contribution is 0.0659. The highest BCUT2D eigenvalue weighted by atomic mass is 16.5. The molecule has 2 N–H and O–H groups in total. The molecule has 1 saturated carbocycles. The summed E-state index contributed by atoms with van der Waals surface area (Å²) in [5.74, 6) is 0.496. The van der Waals surface area contributed by atoms with Crippen LogP contribution in [0.4, 0.5) is 5.82 Å². The quantitative estimate of drug-likeness (QED) is 0.883. The van der Waals surface area contributed by atoms with Gasteiger partial charge in [0, 0.05) is 38.7 Å². The molecule has 1 fully saturated rings. The topological polar surface area (TPSA) is 99.2 Å². The molecule has 0 bridgehead atoms. The lowest BCUT2D eigenvalue weighted by Crippen LogP contribution is -2.37. The Morgan fingerprint density at radius 1 is 1.33 bits per heavy atom. The first-order chi connectivity index (χ1) is 11.6. The van der Waals surface area contributed by atoms with Gasteiger partial charge in [-0.05, 0) is 25.7 Å². The van der Waals surface area contributed by atoms with Gasteiger partial charge in [-0.1, -0.05) is 0 Å². The van der Waals surface area contributed by atoms with Crippen LogP contribution in [0, 0.1) is 0 Å². The second-order valence-electron chi connectivity index (χ2n) is 6.02. The SMILES string of the molecule is COC1CCC(N(C)c2cc(C(N)=O)nc(-n3ccnc3)n2)CC1. The van der Waals surface area contributed by atoms with Crippen LogP contribution in [0.5, 0.6) is 0 Å². The van der Waals surface area contributed by atoms with E-state index in [-0.39, 0.29) is 5.69 Å². The maximum atomic E-state index is 11.6. The van der Waals surface area contributed by atoms with Gasteiger partial charge in [-0.15, -0.1) is 0 Å². The Bertz CT molecular complexity index is 695. The van der Waals surface area contributed by atoms with Gasteiger partial charge < -0.3 is 15.4 Å². The number of aromatic nitrogens is 4. The number of methoxy groups -OCH3 is 1. The molecule has 0 aliphatic heterocycles. The highest BCUT2D eigenvalue weighted by Gasteiger charge is 2.25. The second-order valence-corrected chi connectivity index (χ2v) is 6.02. The van der Waals surface area contributed by atoms with E-state index in [1.807, 2.05) is 7.05 Å². The maximum Gasteiger partial charge on any atom is 0.267 e. The fourth-order valence-corrected chi connectivity index (χ4v) is 3.08. The Hall–Kier alpha value is -2.48. The summed E-state index contributed by atoms with van der Waals surface area (Å²) in [5, 5.41) is 0. The molecule has 0 spiro atoms. The van der Waals surface area contributed by atoms with Crippen molar-refractivity contribution in [2.45, 2.75) is 37.8 Å². The van der Waals surface area contributed by atoms with Gasteiger partial charge in [0.2, 0.25) is 5.95 Å². The van der Waals surface area contributed by atoms with Gasteiger partial charge in [-0.2, -0.15) is 4.98 Å². The highest BCUT2D eigenvalue weighted by Crippen LogP contribution is 2.27. The van der Waals surface area contributed by atoms with Crippen molar-refractivity contribution < 1.29 is 9.53 Å². The van der Waals surface area contributed by atoms with E-state index in [9.17, 15) is 4.79 Å². The molecule has 3 rings (SSSR count). The number of anilines is 1. The number of carbonyl (C=O) groups is 1. The van der Waals surface area contributed by atoms with Crippen LogP contribution in [0.3, 0.4) is 0 Å². The molecule has 1 amide bonds. The lowest BCUT2D eigenvalue weighted by Gasteiger charge is -2.35. The summed E-state index contributed by atoms with van der Waals surface area (Å²) in [5.41, 5.74) is 5.63. The van der Waals surface area contributed by atoms with Crippen LogP contribution < -0.4 is 10.6 Å². The van der Waals surface area contributed by atoms with E-state index in [0.29, 0.717) is 23.9 Å². The molecule has 128 valence electrons. The number of ether oxygens (including phenoxy) is 1. The molecule has 0 aromatic carbocycles. The number of rotatable bonds is 5. The third kappa shape index (κ3) is 3.38. The van der Waals surface area contributed by atoms with Crippen molar-refractivity contribution >= 4 is 11.7 Å². The third-order valence-corrected chi connectivity index (χ3v) is 4.57. The largest absolute Gasteiger partial charge is 0.381 e. The first-order valence-corrected chi connectivity index (χ1v) is 8.01. The molecule has 1 aliphatic carbocycles. The molecule has 2 aromatic heterocycles. The Morgan fingerprint density at radius 2 is 2.08 bits per heavy atom. The number of hydrogen-bond donors (Lipinski definition) is 1. The van der Waals surface area contributed by atoms with Crippen LogP contribution >= 0.6 is 0 Å². The molecule has 0 unspecified atom stereocenters. The fraction of sp³-hybridized carbons (Fsp3) is 0.500. The minimum Gasteiger partial charge on any atom is -0.381 e. The van der Waals surface area contributed by atoms with E-state index >= 15 is 0 Å². The van der Waals surface area contributed by atoms with Crippen molar-refractivity contribution in [2.75, 3.05) is 19.1 Å². The number of imidazole rings is 1. The van der Waals surface area contributed by atoms with Crippen LogP contribution in [0.15, 0.2) is 24.8 Å². The van der Waals surface area contributed by atoms with Crippen molar-refractivity contribution in [2.24, 2.45) is 5.73 Å². The van der Waals surface area contributed by atoms with Crippen LogP contribution in [0.2, 0.25) is 0 Å². The van der Waals surface area contributed by atoms with Gasteiger partial charge in [0.05, 0.1) is 6.10 Å². The van der Waals surface area contributed by atoms with E-state index in [1.165, 1.54) is 0 Å². The smallest absolute Gasteiger partial charge is 0.267 e. The van der Waals surface area contributed by atoms with E-state index in [0.717, 1.165) is 25.7 Å². The number of carbonyl (C=O) groups excluding carboxylic acids is 1. The van der Waals surface area contributed by atoms with Crippen molar-refractivity contribution in [3.8, 4) is 5.95 Å². The molecule has 0 atom stereocenters. The Labute approximate surface area is 140 Å². The average molecular weight is 330 g/mol. The first kappa shape index (κ1) is 16.4. The second kappa shape index (κ2) is 6.96. The Kier molecular flexibility index (Phi) is 4.75. The molecular formula is C16H22N6O2. The van der Waals surface area contributed by atoms with E-state index in [1.54, 1.807) is 36.5 Å². The van der Waals surface area contributed by atoms with Crippen LogP contribution in [-0.4, -0.2) is 51.7 Å². The molecule has 24 heavy (non-hydrogen) atoms. The van der Waals surface area contributed by atoms with Gasteiger partial charge in [-0.25, -0.2) is 9.97 Å². The summed E-state index contributed by atoms with van der Waals surface area (Å²) in [7, 11) is 3.75. The van der Waals surface area contributed by atoms with Gasteiger partial charge in [0.15, 0.2) is 0 Å². The maximum absolute atomic E-state index is 11.6. The monoisotopic (exact) mass is 330 g/mol. The molecule has 2 heterocycles. The molecule has 2 aromatic rings. The van der Waals surface area contributed by atoms with Crippen LogP contribution in [-0.2, 0) is 4.74 Å². The summed E-state index contributed by atoms with van der Waals surface area (Å²) in [6, 6.07) is 1.99. The summed E-state index contributed by atoms with van der Waals surface area (Å²) >= 11 is 0. The number of hydrogen-bond acceptors (Lipinski definition) is 6. The predicted molar refractivity (Wildman–Crippen MR) is 89.1 cm³/mol. The van der Waals surface area contributed by atoms with Crippen molar-refractivity contribution in [1.29, 1.82) is 0 Å². The van der Waals surface area contributed by atoms with Crippen molar-refractivity contribution in [1.82, 2.24) is 19.5 Å². The highest BCUT2D eigenvalue weighted by molar-refractivity contribution is 5.91. The first-order valence-electron chi connectivity index (χ1n) is 8.01. The minimum absolute atomic E-state index is 0.195. The predicted octanol–water partition coefficient (Wildman–Crippen LogP) is 1.15. The minimum atomic E-state index is -0.573. The van der Waals surface area contributed by atoms with Crippen LogP contribution in [0.1, 0.15) is 36.2 Å². The summed E-state index contributed by atoms with van der Waals surface area (Å²) in [4.78, 5) is 26.5. The fourth-order valence-electron chi connectivity index (χ4n) is 3.08. The summed E-state index contributed by atoms with van der Waals surface area (Å²) in [6.45, 7) is 0. The molecule has 0 saturated heterocycles. The standard InChI is InChI=1S/C16H22N6O2/c1-21(11-3-5-12(24-2)6-4-11)14-9-13(15(17)23)19-16(20-14)22-8-7-18-10-22/h7-12H,3-6H2,1-2H3,(H2,17,23). The van der Waals surface area contributed by atoms with Gasteiger partial charge in [0.1, 0.15) is 17.8 Å². The van der Waals surface area contributed by atoms with Gasteiger partial charge in [-0.3, -0.25) is 9.36 Å². The zero-order chi connectivity index (χ0) is 17.1. The average Bonchev–Trinajstić information content (AvgIpc) is 3.15. The summed E-state index contributed by atoms with van der Waals surface area (Å²) in [6.07, 6.45) is 9.37. The Morgan fingerprint density at radius 3 is 2.67 bits per heavy atom. The zero-order valence-corrected chi connectivity index (χ0v) is 13.9.